The number of carboxylic acids is 1. The van der Waals surface area contributed by atoms with Crippen LogP contribution in [0.1, 0.15) is 19.3 Å². The summed E-state index contributed by atoms with van der Waals surface area (Å²) < 4.78 is 0. The van der Waals surface area contributed by atoms with Crippen molar-refractivity contribution in [2.24, 2.45) is 5.92 Å². The van der Waals surface area contributed by atoms with Crippen LogP contribution in [0.5, 0.6) is 0 Å². The Balaban J connectivity index is 2.83. The average molecular weight is 183 g/mol. The molecule has 4 heteroatoms. The van der Waals surface area contributed by atoms with Crippen molar-refractivity contribution >= 4 is 11.9 Å². The molecule has 0 saturated carbocycles. The first-order valence-electron chi connectivity index (χ1n) is 4.31. The molecule has 0 aromatic carbocycles. The van der Waals surface area contributed by atoms with Crippen molar-refractivity contribution in [2.45, 2.75) is 19.3 Å². The van der Waals surface area contributed by atoms with Crippen LogP contribution in [0.4, 0.5) is 0 Å². The fourth-order valence-electron chi connectivity index (χ4n) is 1.53. The van der Waals surface area contributed by atoms with Gasteiger partial charge in [0.25, 0.3) is 0 Å². The predicted octanol–water partition coefficient (Wildman–Crippen LogP) is 0.544. The van der Waals surface area contributed by atoms with Gasteiger partial charge in [0.1, 0.15) is 0 Å². The number of allylic oxidation sites excluding steroid dienone is 1. The summed E-state index contributed by atoms with van der Waals surface area (Å²) in [6.45, 7) is 0. The van der Waals surface area contributed by atoms with E-state index in [0.717, 1.165) is 12.8 Å². The van der Waals surface area contributed by atoms with Crippen molar-refractivity contribution in [3.63, 3.8) is 0 Å². The van der Waals surface area contributed by atoms with Gasteiger partial charge in [-0.25, -0.2) is 0 Å². The summed E-state index contributed by atoms with van der Waals surface area (Å²) in [5.74, 6) is -1.80. The number of carbonyl (C=O) groups is 2. The van der Waals surface area contributed by atoms with Crippen molar-refractivity contribution in [1.82, 2.24) is 5.32 Å². The summed E-state index contributed by atoms with van der Waals surface area (Å²) in [6.07, 6.45) is 3.93. The summed E-state index contributed by atoms with van der Waals surface area (Å²) in [6, 6.07) is 0. The monoisotopic (exact) mass is 183 g/mol. The van der Waals surface area contributed by atoms with E-state index in [2.05, 4.69) is 5.32 Å². The van der Waals surface area contributed by atoms with E-state index in [4.69, 9.17) is 5.11 Å². The van der Waals surface area contributed by atoms with Crippen LogP contribution in [-0.2, 0) is 9.59 Å². The molecule has 2 N–H and O–H groups in total. The lowest BCUT2D eigenvalue weighted by Crippen LogP contribution is -2.30. The molecule has 1 aliphatic rings. The molecular weight excluding hydrogens is 170 g/mol. The molecular formula is C9H13NO3. The maximum absolute atomic E-state index is 11.2. The fraction of sp³-hybridized carbons (Fsp3) is 0.556. The minimum absolute atomic E-state index is 0.271. The van der Waals surface area contributed by atoms with Gasteiger partial charge in [0.15, 0.2) is 0 Å². The molecule has 0 aromatic heterocycles. The molecule has 0 fully saturated rings. The van der Waals surface area contributed by atoms with Gasteiger partial charge in [0.05, 0.1) is 5.92 Å². The van der Waals surface area contributed by atoms with Crippen molar-refractivity contribution < 1.29 is 14.7 Å². The Morgan fingerprint density at radius 1 is 1.62 bits per heavy atom. The molecule has 0 heterocycles. The quantitative estimate of drug-likeness (QED) is 0.656. The zero-order chi connectivity index (χ0) is 9.84. The molecule has 0 aliphatic heterocycles. The third-order valence-electron chi connectivity index (χ3n) is 2.22. The number of carbonyl (C=O) groups excluding carboxylic acids is 1. The van der Waals surface area contributed by atoms with Crippen LogP contribution in [0.15, 0.2) is 11.6 Å². The van der Waals surface area contributed by atoms with Gasteiger partial charge in [-0.2, -0.15) is 0 Å². The molecule has 1 aliphatic carbocycles. The molecule has 72 valence electrons. The smallest absolute Gasteiger partial charge is 0.311 e. The van der Waals surface area contributed by atoms with Crippen LogP contribution in [-0.4, -0.2) is 24.0 Å². The molecule has 4 nitrogen and oxygen atoms in total. The first-order chi connectivity index (χ1) is 6.16. The normalized spacial score (nSPS) is 21.9. The van der Waals surface area contributed by atoms with Gasteiger partial charge >= 0.3 is 5.97 Å². The van der Waals surface area contributed by atoms with Crippen molar-refractivity contribution in [3.8, 4) is 0 Å². The number of amides is 1. The highest BCUT2D eigenvalue weighted by Crippen LogP contribution is 2.24. The molecule has 0 bridgehead atoms. The molecule has 13 heavy (non-hydrogen) atoms. The van der Waals surface area contributed by atoms with Gasteiger partial charge in [-0.05, 0) is 19.3 Å². The molecule has 0 aromatic rings. The first-order valence-corrected chi connectivity index (χ1v) is 4.31. The van der Waals surface area contributed by atoms with E-state index in [1.807, 2.05) is 0 Å². The van der Waals surface area contributed by atoms with Gasteiger partial charge < -0.3 is 10.4 Å². The summed E-state index contributed by atoms with van der Waals surface area (Å²) in [5.41, 5.74) is 0.404. The highest BCUT2D eigenvalue weighted by atomic mass is 16.4. The van der Waals surface area contributed by atoms with Crippen LogP contribution in [0.25, 0.3) is 0 Å². The Hall–Kier alpha value is -1.32. The number of carboxylic acid groups (broad SMARTS) is 1. The Morgan fingerprint density at radius 3 is 2.85 bits per heavy atom. The van der Waals surface area contributed by atoms with E-state index < -0.39 is 11.9 Å². The van der Waals surface area contributed by atoms with Crippen LogP contribution < -0.4 is 5.32 Å². The second-order valence-corrected chi connectivity index (χ2v) is 3.06. The highest BCUT2D eigenvalue weighted by molar-refractivity contribution is 5.98. The maximum atomic E-state index is 11.2. The van der Waals surface area contributed by atoms with E-state index in [1.165, 1.54) is 7.05 Å². The average Bonchev–Trinajstić information content (AvgIpc) is 2.16. The lowest BCUT2D eigenvalue weighted by Gasteiger charge is -2.18. The van der Waals surface area contributed by atoms with Crippen molar-refractivity contribution in [1.29, 1.82) is 0 Å². The molecule has 0 radical (unpaired) electrons. The molecule has 1 rings (SSSR count). The fourth-order valence-corrected chi connectivity index (χ4v) is 1.53. The lowest BCUT2D eigenvalue weighted by molar-refractivity contribution is -0.141. The number of hydrogen-bond acceptors (Lipinski definition) is 2. The number of aliphatic carboxylic acids is 1. The SMILES string of the molecule is CNC(=O)C1=CCCCC1C(=O)O. The zero-order valence-electron chi connectivity index (χ0n) is 7.54. The van der Waals surface area contributed by atoms with Gasteiger partial charge in [-0.15, -0.1) is 0 Å². The van der Waals surface area contributed by atoms with Crippen LogP contribution in [0.3, 0.4) is 0 Å². The van der Waals surface area contributed by atoms with Crippen LogP contribution in [0, 0.1) is 5.92 Å². The summed E-state index contributed by atoms with van der Waals surface area (Å²) in [5, 5.41) is 11.3. The Labute approximate surface area is 76.6 Å². The zero-order valence-corrected chi connectivity index (χ0v) is 7.54. The number of rotatable bonds is 2. The summed E-state index contributed by atoms with van der Waals surface area (Å²) in [7, 11) is 1.51. The minimum atomic E-state index is -0.908. The standard InChI is InChI=1S/C9H13NO3/c1-10-8(11)6-4-2-3-5-7(6)9(12)13/h4,7H,2-3,5H2,1H3,(H,10,11)(H,12,13). The second-order valence-electron chi connectivity index (χ2n) is 3.06. The Bertz CT molecular complexity index is 258. The number of likely N-dealkylation sites (N-methyl/N-ethyl adjacent to an activating group) is 1. The minimum Gasteiger partial charge on any atom is -0.481 e. The second kappa shape index (κ2) is 4.07. The van der Waals surface area contributed by atoms with E-state index in [1.54, 1.807) is 6.08 Å². The molecule has 0 spiro atoms. The first kappa shape index (κ1) is 9.77. The van der Waals surface area contributed by atoms with Gasteiger partial charge in [0.2, 0.25) is 5.91 Å². The molecule has 1 amide bonds. The molecule has 1 unspecified atom stereocenters. The summed E-state index contributed by atoms with van der Waals surface area (Å²) >= 11 is 0. The number of hydrogen-bond donors (Lipinski definition) is 2. The van der Waals surface area contributed by atoms with E-state index in [9.17, 15) is 9.59 Å². The van der Waals surface area contributed by atoms with E-state index >= 15 is 0 Å². The third-order valence-corrected chi connectivity index (χ3v) is 2.22. The van der Waals surface area contributed by atoms with Crippen molar-refractivity contribution in [2.75, 3.05) is 7.05 Å². The van der Waals surface area contributed by atoms with Gasteiger partial charge in [-0.1, -0.05) is 6.08 Å². The predicted molar refractivity (Wildman–Crippen MR) is 47.1 cm³/mol. The lowest BCUT2D eigenvalue weighted by atomic mass is 9.87. The molecule has 1 atom stereocenters. The van der Waals surface area contributed by atoms with Crippen molar-refractivity contribution in [3.05, 3.63) is 11.6 Å². The largest absolute Gasteiger partial charge is 0.481 e. The van der Waals surface area contributed by atoms with Gasteiger partial charge in [-0.3, -0.25) is 9.59 Å². The third kappa shape index (κ3) is 2.08. The van der Waals surface area contributed by atoms with Crippen LogP contribution in [0.2, 0.25) is 0 Å². The van der Waals surface area contributed by atoms with E-state index in [0.29, 0.717) is 12.0 Å². The van der Waals surface area contributed by atoms with Gasteiger partial charge in [0, 0.05) is 12.6 Å². The topological polar surface area (TPSA) is 66.4 Å². The number of nitrogens with one attached hydrogen (secondary N) is 1. The summed E-state index contributed by atoms with van der Waals surface area (Å²) in [4.78, 5) is 22.0. The molecule has 0 saturated heterocycles. The Kier molecular flexibility index (Phi) is 3.06. The van der Waals surface area contributed by atoms with E-state index in [-0.39, 0.29) is 5.91 Å². The maximum Gasteiger partial charge on any atom is 0.311 e. The highest BCUT2D eigenvalue weighted by Gasteiger charge is 2.28. The van der Waals surface area contributed by atoms with Crippen LogP contribution >= 0.6 is 0 Å². The Morgan fingerprint density at radius 2 is 2.31 bits per heavy atom.